The van der Waals surface area contributed by atoms with E-state index in [0.29, 0.717) is 24.4 Å². The van der Waals surface area contributed by atoms with Crippen LogP contribution in [0.15, 0.2) is 18.2 Å². The fourth-order valence-corrected chi connectivity index (χ4v) is 2.36. The summed E-state index contributed by atoms with van der Waals surface area (Å²) in [7, 11) is 1.35. The van der Waals surface area contributed by atoms with Gasteiger partial charge in [-0.25, -0.2) is 4.79 Å². The number of nitrogens with zero attached hydrogens (tertiary/aromatic N) is 1. The van der Waals surface area contributed by atoms with E-state index in [-0.39, 0.29) is 5.92 Å². The van der Waals surface area contributed by atoms with Gasteiger partial charge in [-0.05, 0) is 25.0 Å². The van der Waals surface area contributed by atoms with Crippen molar-refractivity contribution in [2.75, 3.05) is 13.7 Å². The third kappa shape index (κ3) is 3.01. The van der Waals surface area contributed by atoms with E-state index in [1.165, 1.54) is 7.11 Å². The molecule has 0 N–H and O–H groups in total. The van der Waals surface area contributed by atoms with E-state index >= 15 is 0 Å². The Morgan fingerprint density at radius 3 is 2.76 bits per heavy atom. The highest BCUT2D eigenvalue weighted by atomic mass is 16.5. The molecule has 1 aromatic rings. The zero-order valence-corrected chi connectivity index (χ0v) is 12.9. The van der Waals surface area contributed by atoms with Crippen molar-refractivity contribution in [3.63, 3.8) is 0 Å². The van der Waals surface area contributed by atoms with Gasteiger partial charge in [-0.1, -0.05) is 19.9 Å². The van der Waals surface area contributed by atoms with Crippen LogP contribution in [0, 0.1) is 5.92 Å². The van der Waals surface area contributed by atoms with Crippen LogP contribution in [0.5, 0.6) is 5.75 Å². The molecule has 5 nitrogen and oxygen atoms in total. The van der Waals surface area contributed by atoms with Gasteiger partial charge in [0.15, 0.2) is 0 Å². The Kier molecular flexibility index (Phi) is 4.21. The first kappa shape index (κ1) is 15.4. The summed E-state index contributed by atoms with van der Waals surface area (Å²) in [5.41, 5.74) is 0.835. The minimum atomic E-state index is -0.499. The van der Waals surface area contributed by atoms with Gasteiger partial charge < -0.3 is 14.4 Å². The molecule has 0 fully saturated rings. The Hall–Kier alpha value is -2.04. The zero-order valence-electron chi connectivity index (χ0n) is 12.9. The van der Waals surface area contributed by atoms with Crippen LogP contribution in [0.2, 0.25) is 0 Å². The molecule has 1 aliphatic heterocycles. The molecular formula is C16H21NO4. The van der Waals surface area contributed by atoms with Gasteiger partial charge in [0.1, 0.15) is 11.4 Å². The molecule has 1 heterocycles. The molecule has 1 amide bonds. The van der Waals surface area contributed by atoms with Crippen molar-refractivity contribution in [1.29, 1.82) is 0 Å². The Morgan fingerprint density at radius 2 is 2.19 bits per heavy atom. The first-order chi connectivity index (χ1) is 9.89. The molecule has 0 spiro atoms. The predicted molar refractivity (Wildman–Crippen MR) is 78.1 cm³/mol. The minimum absolute atomic E-state index is 0.215. The molecule has 1 aromatic carbocycles. The summed E-state index contributed by atoms with van der Waals surface area (Å²) in [5.74, 6) is 0.454. The van der Waals surface area contributed by atoms with Gasteiger partial charge in [-0.15, -0.1) is 0 Å². The van der Waals surface area contributed by atoms with Crippen LogP contribution in [0.25, 0.3) is 0 Å². The van der Waals surface area contributed by atoms with E-state index in [4.69, 9.17) is 9.47 Å². The van der Waals surface area contributed by atoms with Crippen molar-refractivity contribution in [3.05, 3.63) is 29.3 Å². The molecule has 1 aliphatic rings. The molecule has 2 rings (SSSR count). The lowest BCUT2D eigenvalue weighted by molar-refractivity contribution is -0.121. The van der Waals surface area contributed by atoms with E-state index in [2.05, 4.69) is 13.8 Å². The quantitative estimate of drug-likeness (QED) is 0.633. The highest BCUT2D eigenvalue weighted by Crippen LogP contribution is 2.33. The molecule has 0 aromatic heterocycles. The number of hydrogen-bond donors (Lipinski definition) is 0. The van der Waals surface area contributed by atoms with Gasteiger partial charge >= 0.3 is 5.97 Å². The summed E-state index contributed by atoms with van der Waals surface area (Å²) < 4.78 is 10.9. The maximum Gasteiger partial charge on any atom is 0.337 e. The number of carbonyl (C=O) groups is 2. The highest BCUT2D eigenvalue weighted by Gasteiger charge is 2.36. The topological polar surface area (TPSA) is 55.8 Å². The number of hydrogen-bond acceptors (Lipinski definition) is 4. The van der Waals surface area contributed by atoms with Gasteiger partial charge in [0.25, 0.3) is 0 Å². The van der Waals surface area contributed by atoms with Crippen LogP contribution in [0.3, 0.4) is 0 Å². The molecule has 5 heteroatoms. The molecule has 0 aliphatic carbocycles. The van der Waals surface area contributed by atoms with E-state index < -0.39 is 11.6 Å². The number of amides is 1. The highest BCUT2D eigenvalue weighted by molar-refractivity contribution is 5.90. The molecular weight excluding hydrogens is 270 g/mol. The standard InChI is InChI=1S/C16H21NO4/c1-11(2)16(3)9-17(10-18)8-13-6-5-12(15(19)20-4)7-14(13)21-16/h5-7,10-11H,8-9H2,1-4H3. The number of esters is 1. The molecule has 21 heavy (non-hydrogen) atoms. The van der Waals surface area contributed by atoms with Crippen molar-refractivity contribution in [1.82, 2.24) is 4.90 Å². The largest absolute Gasteiger partial charge is 0.485 e. The number of ether oxygens (including phenoxy) is 2. The van der Waals surface area contributed by atoms with Gasteiger partial charge in [-0.2, -0.15) is 0 Å². The van der Waals surface area contributed by atoms with Crippen molar-refractivity contribution < 1.29 is 19.1 Å². The number of benzene rings is 1. The second-order valence-electron chi connectivity index (χ2n) is 5.89. The van der Waals surface area contributed by atoms with Crippen LogP contribution >= 0.6 is 0 Å². The van der Waals surface area contributed by atoms with Gasteiger partial charge in [0.2, 0.25) is 6.41 Å². The van der Waals surface area contributed by atoms with Gasteiger partial charge in [-0.3, -0.25) is 4.79 Å². The molecule has 0 saturated carbocycles. The Balaban J connectivity index is 2.45. The van der Waals surface area contributed by atoms with Crippen molar-refractivity contribution in [2.24, 2.45) is 5.92 Å². The van der Waals surface area contributed by atoms with E-state index in [9.17, 15) is 9.59 Å². The number of rotatable bonds is 3. The third-order valence-electron chi connectivity index (χ3n) is 4.09. The summed E-state index contributed by atoms with van der Waals surface area (Å²) in [6, 6.07) is 5.19. The van der Waals surface area contributed by atoms with Crippen LogP contribution in [0.1, 0.15) is 36.7 Å². The summed E-state index contributed by atoms with van der Waals surface area (Å²) in [4.78, 5) is 24.6. The molecule has 0 saturated heterocycles. The van der Waals surface area contributed by atoms with Crippen molar-refractivity contribution in [2.45, 2.75) is 32.9 Å². The van der Waals surface area contributed by atoms with E-state index in [0.717, 1.165) is 12.0 Å². The average Bonchev–Trinajstić information content (AvgIpc) is 2.61. The predicted octanol–water partition coefficient (Wildman–Crippen LogP) is 2.24. The normalized spacial score (nSPS) is 21.3. The zero-order chi connectivity index (χ0) is 15.6. The molecule has 0 radical (unpaired) electrons. The lowest BCUT2D eigenvalue weighted by atomic mass is 9.92. The maximum absolute atomic E-state index is 11.7. The summed E-state index contributed by atoms with van der Waals surface area (Å²) in [5, 5.41) is 0. The molecule has 114 valence electrons. The smallest absolute Gasteiger partial charge is 0.337 e. The van der Waals surface area contributed by atoms with Crippen molar-refractivity contribution >= 4 is 12.4 Å². The van der Waals surface area contributed by atoms with Gasteiger partial charge in [0, 0.05) is 12.1 Å². The van der Waals surface area contributed by atoms with Crippen LogP contribution in [-0.2, 0) is 16.1 Å². The fourth-order valence-electron chi connectivity index (χ4n) is 2.36. The van der Waals surface area contributed by atoms with Crippen LogP contribution in [-0.4, -0.2) is 36.5 Å². The maximum atomic E-state index is 11.7. The van der Waals surface area contributed by atoms with E-state index in [1.54, 1.807) is 17.0 Å². The molecule has 1 unspecified atom stereocenters. The SMILES string of the molecule is COC(=O)c1ccc2c(c1)OC(C)(C(C)C)CN(C=O)C2. The van der Waals surface area contributed by atoms with E-state index in [1.807, 2.05) is 13.0 Å². The van der Waals surface area contributed by atoms with Gasteiger partial charge in [0.05, 0.1) is 19.2 Å². The van der Waals surface area contributed by atoms with Crippen LogP contribution in [0.4, 0.5) is 0 Å². The number of fused-ring (bicyclic) bond motifs is 1. The van der Waals surface area contributed by atoms with Crippen LogP contribution < -0.4 is 4.74 Å². The fraction of sp³-hybridized carbons (Fsp3) is 0.500. The Labute approximate surface area is 124 Å². The first-order valence-electron chi connectivity index (χ1n) is 6.99. The number of carbonyl (C=O) groups excluding carboxylic acids is 2. The second kappa shape index (κ2) is 5.76. The molecule has 1 atom stereocenters. The monoisotopic (exact) mass is 291 g/mol. The number of methoxy groups -OCH3 is 1. The minimum Gasteiger partial charge on any atom is -0.485 e. The molecule has 0 bridgehead atoms. The lowest BCUT2D eigenvalue weighted by Crippen LogP contribution is -2.46. The third-order valence-corrected chi connectivity index (χ3v) is 4.09. The Morgan fingerprint density at radius 1 is 1.48 bits per heavy atom. The second-order valence-corrected chi connectivity index (χ2v) is 5.89. The Bertz CT molecular complexity index is 555. The summed E-state index contributed by atoms with van der Waals surface area (Å²) >= 11 is 0. The average molecular weight is 291 g/mol. The first-order valence-corrected chi connectivity index (χ1v) is 6.99. The lowest BCUT2D eigenvalue weighted by Gasteiger charge is -2.35. The summed E-state index contributed by atoms with van der Waals surface area (Å²) in [6.07, 6.45) is 0.841. The van der Waals surface area contributed by atoms with Crippen molar-refractivity contribution in [3.8, 4) is 5.75 Å². The summed E-state index contributed by atoms with van der Waals surface area (Å²) in [6.45, 7) is 7.07.